The third kappa shape index (κ3) is 5.60. The van der Waals surface area contributed by atoms with E-state index < -0.39 is 5.82 Å². The fraction of sp³-hybridized carbons (Fsp3) is 0.0417. The predicted molar refractivity (Wildman–Crippen MR) is 134 cm³/mol. The van der Waals surface area contributed by atoms with E-state index in [0.717, 1.165) is 11.8 Å². The van der Waals surface area contributed by atoms with Crippen LogP contribution in [0.1, 0.15) is 5.56 Å². The van der Waals surface area contributed by atoms with Crippen molar-refractivity contribution in [1.29, 1.82) is 0 Å². The first kappa shape index (κ1) is 23.0. The second kappa shape index (κ2) is 10.2. The molecule has 1 aliphatic rings. The summed E-state index contributed by atoms with van der Waals surface area (Å²) in [5.41, 5.74) is 1.67. The van der Waals surface area contributed by atoms with Gasteiger partial charge in [0.05, 0.1) is 10.6 Å². The Morgan fingerprint density at radius 2 is 1.88 bits per heavy atom. The fourth-order valence-corrected chi connectivity index (χ4v) is 4.54. The van der Waals surface area contributed by atoms with Crippen LogP contribution >= 0.6 is 35.6 Å². The van der Waals surface area contributed by atoms with Crippen LogP contribution in [0.25, 0.3) is 6.08 Å². The average molecular weight is 499 g/mol. The maximum absolute atomic E-state index is 13.2. The summed E-state index contributed by atoms with van der Waals surface area (Å²) < 4.78 is 19.3. The molecule has 1 aliphatic heterocycles. The van der Waals surface area contributed by atoms with Crippen LogP contribution in [0.4, 0.5) is 15.8 Å². The molecule has 1 saturated heterocycles. The van der Waals surface area contributed by atoms with Gasteiger partial charge in [-0.15, -0.1) is 0 Å². The van der Waals surface area contributed by atoms with Crippen LogP contribution in [0.15, 0.2) is 77.7 Å². The lowest BCUT2D eigenvalue weighted by Gasteiger charge is -2.14. The largest absolute Gasteiger partial charge is 0.483 e. The molecule has 3 aromatic rings. The van der Waals surface area contributed by atoms with E-state index in [9.17, 15) is 14.0 Å². The number of para-hydroxylation sites is 1. The number of carbonyl (C=O) groups is 2. The summed E-state index contributed by atoms with van der Waals surface area (Å²) in [7, 11) is 0. The molecule has 0 spiro atoms. The van der Waals surface area contributed by atoms with Crippen molar-refractivity contribution in [2.45, 2.75) is 0 Å². The molecular weight excluding hydrogens is 483 g/mol. The van der Waals surface area contributed by atoms with Gasteiger partial charge in [0.15, 0.2) is 10.9 Å². The van der Waals surface area contributed by atoms with E-state index in [4.69, 9.17) is 28.6 Å². The summed E-state index contributed by atoms with van der Waals surface area (Å²) in [6.45, 7) is -0.228. The lowest BCUT2D eigenvalue weighted by Crippen LogP contribution is -2.27. The number of hydrogen-bond donors (Lipinski definition) is 1. The number of rotatable bonds is 6. The highest BCUT2D eigenvalue weighted by Crippen LogP contribution is 2.37. The number of halogens is 2. The molecule has 1 fully saturated rings. The van der Waals surface area contributed by atoms with Gasteiger partial charge in [-0.1, -0.05) is 59.8 Å². The van der Waals surface area contributed by atoms with Crippen LogP contribution < -0.4 is 15.0 Å². The van der Waals surface area contributed by atoms with E-state index in [1.54, 1.807) is 54.6 Å². The second-order valence-corrected chi connectivity index (χ2v) is 8.99. The SMILES string of the molecule is O=C(COc1ccccc1/C=C1\SC(=S)N(c2ccc(F)cc2)C1=O)Nc1cccc(Cl)c1. The van der Waals surface area contributed by atoms with E-state index in [1.807, 2.05) is 0 Å². The topological polar surface area (TPSA) is 58.6 Å². The predicted octanol–water partition coefficient (Wildman–Crippen LogP) is 5.90. The fourth-order valence-electron chi connectivity index (χ4n) is 3.06. The molecular formula is C24H16ClFN2O3S2. The Balaban J connectivity index is 1.48. The molecule has 2 amide bonds. The first-order chi connectivity index (χ1) is 15.9. The Kier molecular flexibility index (Phi) is 7.08. The van der Waals surface area contributed by atoms with Gasteiger partial charge in [0.2, 0.25) is 0 Å². The maximum atomic E-state index is 13.2. The van der Waals surface area contributed by atoms with Crippen molar-refractivity contribution < 1.29 is 18.7 Å². The molecule has 0 unspecified atom stereocenters. The Morgan fingerprint density at radius 1 is 1.12 bits per heavy atom. The zero-order valence-electron chi connectivity index (χ0n) is 17.0. The molecule has 0 aliphatic carbocycles. The van der Waals surface area contributed by atoms with E-state index in [0.29, 0.717) is 36.9 Å². The van der Waals surface area contributed by atoms with Crippen molar-refractivity contribution in [1.82, 2.24) is 0 Å². The van der Waals surface area contributed by atoms with Crippen LogP contribution in [-0.2, 0) is 9.59 Å². The average Bonchev–Trinajstić information content (AvgIpc) is 3.06. The summed E-state index contributed by atoms with van der Waals surface area (Å²) in [5.74, 6) is -0.629. The van der Waals surface area contributed by atoms with Gasteiger partial charge in [-0.2, -0.15) is 0 Å². The van der Waals surface area contributed by atoms with Gasteiger partial charge in [-0.3, -0.25) is 14.5 Å². The molecule has 0 atom stereocenters. The molecule has 0 saturated carbocycles. The lowest BCUT2D eigenvalue weighted by atomic mass is 10.2. The monoisotopic (exact) mass is 498 g/mol. The van der Waals surface area contributed by atoms with Crippen molar-refractivity contribution >= 4 is 69.2 Å². The van der Waals surface area contributed by atoms with Crippen LogP contribution in [0.2, 0.25) is 5.02 Å². The van der Waals surface area contributed by atoms with Gasteiger partial charge < -0.3 is 10.1 Å². The van der Waals surface area contributed by atoms with Gasteiger partial charge in [0.1, 0.15) is 11.6 Å². The summed E-state index contributed by atoms with van der Waals surface area (Å²) in [5, 5.41) is 3.22. The number of carbonyl (C=O) groups excluding carboxylic acids is 2. The third-order valence-electron chi connectivity index (χ3n) is 4.55. The van der Waals surface area contributed by atoms with Gasteiger partial charge in [0.25, 0.3) is 11.8 Å². The summed E-state index contributed by atoms with van der Waals surface area (Å²) >= 11 is 12.4. The van der Waals surface area contributed by atoms with Crippen molar-refractivity contribution in [3.63, 3.8) is 0 Å². The number of nitrogens with one attached hydrogen (secondary N) is 1. The smallest absolute Gasteiger partial charge is 0.270 e. The number of anilines is 2. The minimum Gasteiger partial charge on any atom is -0.483 e. The second-order valence-electron chi connectivity index (χ2n) is 6.88. The van der Waals surface area contributed by atoms with Crippen LogP contribution in [0.3, 0.4) is 0 Å². The van der Waals surface area contributed by atoms with Crippen molar-refractivity contribution in [3.8, 4) is 5.75 Å². The summed E-state index contributed by atoms with van der Waals surface area (Å²) in [4.78, 5) is 27.0. The molecule has 3 aromatic carbocycles. The number of thiocarbonyl (C=S) groups is 1. The van der Waals surface area contributed by atoms with E-state index in [1.165, 1.54) is 29.2 Å². The number of nitrogens with zero attached hydrogens (tertiary/aromatic N) is 1. The van der Waals surface area contributed by atoms with Gasteiger partial charge in [-0.05, 0) is 54.6 Å². The highest BCUT2D eigenvalue weighted by Gasteiger charge is 2.33. The van der Waals surface area contributed by atoms with Crippen LogP contribution in [0.5, 0.6) is 5.75 Å². The van der Waals surface area contributed by atoms with Crippen LogP contribution in [0, 0.1) is 5.82 Å². The zero-order valence-corrected chi connectivity index (χ0v) is 19.3. The van der Waals surface area contributed by atoms with E-state index in [-0.39, 0.29) is 18.4 Å². The molecule has 0 bridgehead atoms. The van der Waals surface area contributed by atoms with Crippen LogP contribution in [-0.4, -0.2) is 22.7 Å². The van der Waals surface area contributed by atoms with E-state index in [2.05, 4.69) is 5.32 Å². The molecule has 0 aromatic heterocycles. The molecule has 9 heteroatoms. The minimum absolute atomic E-state index is 0.228. The van der Waals surface area contributed by atoms with Gasteiger partial charge >= 0.3 is 0 Å². The normalized spacial score (nSPS) is 14.6. The standard InChI is InChI=1S/C24H16ClFN2O3S2/c25-16-5-3-6-18(13-16)27-22(29)14-31-20-7-2-1-4-15(20)12-21-23(30)28(24(32)33-21)19-10-8-17(26)9-11-19/h1-13H,14H2,(H,27,29)/b21-12-. The van der Waals surface area contributed by atoms with Crippen molar-refractivity contribution in [3.05, 3.63) is 94.1 Å². The summed E-state index contributed by atoms with van der Waals surface area (Å²) in [6.07, 6.45) is 1.66. The quantitative estimate of drug-likeness (QED) is 0.338. The minimum atomic E-state index is -0.398. The number of hydrogen-bond acceptors (Lipinski definition) is 5. The first-order valence-electron chi connectivity index (χ1n) is 9.71. The molecule has 1 N–H and O–H groups in total. The highest BCUT2D eigenvalue weighted by molar-refractivity contribution is 8.27. The molecule has 4 rings (SSSR count). The maximum Gasteiger partial charge on any atom is 0.270 e. The number of ether oxygens (including phenoxy) is 1. The van der Waals surface area contributed by atoms with Crippen molar-refractivity contribution in [2.24, 2.45) is 0 Å². The van der Waals surface area contributed by atoms with Gasteiger partial charge in [0, 0.05) is 16.3 Å². The Bertz CT molecular complexity index is 1260. The Labute approximate surface area is 204 Å². The summed E-state index contributed by atoms with van der Waals surface area (Å²) in [6, 6.07) is 19.4. The third-order valence-corrected chi connectivity index (χ3v) is 6.09. The van der Waals surface area contributed by atoms with Gasteiger partial charge in [-0.25, -0.2) is 4.39 Å². The zero-order chi connectivity index (χ0) is 23.4. The molecule has 1 heterocycles. The Hall–Kier alpha value is -3.20. The number of amides is 2. The molecule has 166 valence electrons. The highest BCUT2D eigenvalue weighted by atomic mass is 35.5. The Morgan fingerprint density at radius 3 is 2.64 bits per heavy atom. The molecule has 33 heavy (non-hydrogen) atoms. The molecule has 5 nitrogen and oxygen atoms in total. The first-order valence-corrected chi connectivity index (χ1v) is 11.3. The number of benzene rings is 3. The van der Waals surface area contributed by atoms with Crippen molar-refractivity contribution in [2.75, 3.05) is 16.8 Å². The number of thioether (sulfide) groups is 1. The van der Waals surface area contributed by atoms with E-state index >= 15 is 0 Å². The molecule has 0 radical (unpaired) electrons. The lowest BCUT2D eigenvalue weighted by molar-refractivity contribution is -0.118.